The molecule has 1 aliphatic rings. The minimum absolute atomic E-state index is 0.190. The molecule has 4 rings (SSSR count). The van der Waals surface area contributed by atoms with Crippen LogP contribution >= 0.6 is 12.2 Å². The van der Waals surface area contributed by atoms with Gasteiger partial charge in [-0.15, -0.1) is 0 Å². The molecule has 7 nitrogen and oxygen atoms in total. The fourth-order valence-corrected chi connectivity index (χ4v) is 4.21. The lowest BCUT2D eigenvalue weighted by atomic mass is 10.0. The number of nitrogens with one attached hydrogen (secondary N) is 1. The van der Waals surface area contributed by atoms with Gasteiger partial charge in [0.15, 0.2) is 5.11 Å². The minimum atomic E-state index is -0.996. The first-order valence-corrected chi connectivity index (χ1v) is 10.4. The van der Waals surface area contributed by atoms with E-state index in [0.29, 0.717) is 35.3 Å². The van der Waals surface area contributed by atoms with Crippen molar-refractivity contribution in [1.82, 2.24) is 15.2 Å². The Kier molecular flexibility index (Phi) is 6.29. The van der Waals surface area contributed by atoms with Gasteiger partial charge in [0.2, 0.25) is 0 Å². The van der Waals surface area contributed by atoms with E-state index in [4.69, 9.17) is 21.4 Å². The van der Waals surface area contributed by atoms with Gasteiger partial charge in [-0.05, 0) is 49.0 Å². The molecule has 0 spiro atoms. The molecule has 3 heterocycles. The standard InChI is InChI=1S/C23H23N3O4S/c1-29-14-6-13-26-21(20(25-23(26)31)17-9-4-5-12-24-17)19-11-10-18(30-19)15-7-2-3-8-16(15)22(27)28/h2-5,7-12,20-21H,6,13-14H2,1H3,(H,25,31)(H,27,28)/t20-,21-/m0/s1. The maximum Gasteiger partial charge on any atom is 0.336 e. The first kappa shape index (κ1) is 21.0. The van der Waals surface area contributed by atoms with Crippen LogP contribution in [0.4, 0.5) is 0 Å². The lowest BCUT2D eigenvalue weighted by Crippen LogP contribution is -2.31. The van der Waals surface area contributed by atoms with E-state index in [1.54, 1.807) is 43.6 Å². The summed E-state index contributed by atoms with van der Waals surface area (Å²) in [6.07, 6.45) is 2.56. The summed E-state index contributed by atoms with van der Waals surface area (Å²) in [5.74, 6) is 0.197. The third-order valence-corrected chi connectivity index (χ3v) is 5.64. The van der Waals surface area contributed by atoms with E-state index in [-0.39, 0.29) is 17.6 Å². The van der Waals surface area contributed by atoms with Crippen molar-refractivity contribution < 1.29 is 19.1 Å². The van der Waals surface area contributed by atoms with E-state index in [1.807, 2.05) is 24.3 Å². The molecule has 2 atom stereocenters. The van der Waals surface area contributed by atoms with E-state index in [0.717, 1.165) is 12.1 Å². The molecule has 0 unspecified atom stereocenters. The normalized spacial score (nSPS) is 18.2. The zero-order chi connectivity index (χ0) is 21.8. The van der Waals surface area contributed by atoms with Crippen molar-refractivity contribution >= 4 is 23.3 Å². The number of nitrogens with zero attached hydrogens (tertiary/aromatic N) is 2. The number of hydrogen-bond acceptors (Lipinski definition) is 5. The van der Waals surface area contributed by atoms with Gasteiger partial charge in [-0.3, -0.25) is 4.98 Å². The largest absolute Gasteiger partial charge is 0.478 e. The van der Waals surface area contributed by atoms with Crippen molar-refractivity contribution in [2.75, 3.05) is 20.3 Å². The molecule has 2 aromatic heterocycles. The van der Waals surface area contributed by atoms with Crippen LogP contribution in [0.2, 0.25) is 0 Å². The predicted octanol–water partition coefficient (Wildman–Crippen LogP) is 4.05. The lowest BCUT2D eigenvalue weighted by Gasteiger charge is -2.26. The van der Waals surface area contributed by atoms with Gasteiger partial charge in [0.1, 0.15) is 17.6 Å². The first-order valence-electron chi connectivity index (χ1n) is 9.99. The number of methoxy groups -OCH3 is 1. The number of pyridine rings is 1. The summed E-state index contributed by atoms with van der Waals surface area (Å²) < 4.78 is 11.4. The van der Waals surface area contributed by atoms with Crippen molar-refractivity contribution in [2.24, 2.45) is 0 Å². The zero-order valence-electron chi connectivity index (χ0n) is 17.0. The highest BCUT2D eigenvalue weighted by molar-refractivity contribution is 7.80. The molecule has 0 aliphatic carbocycles. The van der Waals surface area contributed by atoms with Crippen LogP contribution < -0.4 is 5.32 Å². The van der Waals surface area contributed by atoms with Gasteiger partial charge >= 0.3 is 5.97 Å². The highest BCUT2D eigenvalue weighted by atomic mass is 32.1. The van der Waals surface area contributed by atoms with Crippen LogP contribution in [0.3, 0.4) is 0 Å². The Hall–Kier alpha value is -3.23. The molecule has 31 heavy (non-hydrogen) atoms. The van der Waals surface area contributed by atoms with Crippen molar-refractivity contribution in [1.29, 1.82) is 0 Å². The smallest absolute Gasteiger partial charge is 0.336 e. The quantitative estimate of drug-likeness (QED) is 0.403. The molecule has 0 radical (unpaired) electrons. The molecule has 0 amide bonds. The van der Waals surface area contributed by atoms with Crippen LogP contribution in [0.25, 0.3) is 11.3 Å². The number of aromatic carboxylic acids is 1. The average molecular weight is 438 g/mol. The molecule has 1 fully saturated rings. The molecule has 2 N–H and O–H groups in total. The Morgan fingerprint density at radius 1 is 1.23 bits per heavy atom. The second-order valence-electron chi connectivity index (χ2n) is 7.22. The highest BCUT2D eigenvalue weighted by Crippen LogP contribution is 2.40. The van der Waals surface area contributed by atoms with Crippen LogP contribution in [0.1, 0.15) is 40.3 Å². The summed E-state index contributed by atoms with van der Waals surface area (Å²) in [4.78, 5) is 18.2. The van der Waals surface area contributed by atoms with E-state index < -0.39 is 5.97 Å². The summed E-state index contributed by atoms with van der Waals surface area (Å²) in [5.41, 5.74) is 1.59. The summed E-state index contributed by atoms with van der Waals surface area (Å²) >= 11 is 5.63. The van der Waals surface area contributed by atoms with Gasteiger partial charge in [0.05, 0.1) is 17.3 Å². The molecule has 160 valence electrons. The lowest BCUT2D eigenvalue weighted by molar-refractivity contribution is 0.0697. The molecule has 8 heteroatoms. The topological polar surface area (TPSA) is 87.8 Å². The Morgan fingerprint density at radius 3 is 2.77 bits per heavy atom. The van der Waals surface area contributed by atoms with Gasteiger partial charge in [-0.2, -0.15) is 0 Å². The van der Waals surface area contributed by atoms with Crippen molar-refractivity contribution in [3.63, 3.8) is 0 Å². The van der Waals surface area contributed by atoms with Crippen LogP contribution in [0.15, 0.2) is 65.2 Å². The summed E-state index contributed by atoms with van der Waals surface area (Å²) in [7, 11) is 1.67. The van der Waals surface area contributed by atoms with Gasteiger partial charge in [-0.25, -0.2) is 4.79 Å². The number of carboxylic acids is 1. The molecule has 0 bridgehead atoms. The van der Waals surface area contributed by atoms with Gasteiger partial charge in [0, 0.05) is 32.0 Å². The zero-order valence-corrected chi connectivity index (χ0v) is 17.8. The van der Waals surface area contributed by atoms with Gasteiger partial charge in [0.25, 0.3) is 0 Å². The Bertz CT molecular complexity index is 1070. The molecular formula is C23H23N3O4S. The summed E-state index contributed by atoms with van der Waals surface area (Å²) in [6.45, 7) is 1.31. The molecule has 1 aromatic carbocycles. The van der Waals surface area contributed by atoms with Crippen LogP contribution in [-0.4, -0.2) is 46.3 Å². The van der Waals surface area contributed by atoms with Crippen molar-refractivity contribution in [3.05, 3.63) is 77.8 Å². The van der Waals surface area contributed by atoms with Crippen molar-refractivity contribution in [2.45, 2.75) is 18.5 Å². The monoisotopic (exact) mass is 437 g/mol. The number of hydrogen-bond donors (Lipinski definition) is 2. The number of thiocarbonyl (C=S) groups is 1. The van der Waals surface area contributed by atoms with Crippen LogP contribution in [-0.2, 0) is 4.74 Å². The average Bonchev–Trinajstić information content (AvgIpc) is 3.39. The Morgan fingerprint density at radius 2 is 2.03 bits per heavy atom. The number of furan rings is 1. The second kappa shape index (κ2) is 9.28. The first-order chi connectivity index (χ1) is 15.1. The number of rotatable bonds is 8. The molecular weight excluding hydrogens is 414 g/mol. The number of ether oxygens (including phenoxy) is 1. The van der Waals surface area contributed by atoms with Crippen LogP contribution in [0, 0.1) is 0 Å². The fraction of sp³-hybridized carbons (Fsp3) is 0.261. The molecule has 3 aromatic rings. The maximum atomic E-state index is 11.6. The Balaban J connectivity index is 1.72. The Labute approximate surface area is 185 Å². The molecule has 0 saturated carbocycles. The third kappa shape index (κ3) is 4.30. The molecule has 1 aliphatic heterocycles. The van der Waals surface area contributed by atoms with E-state index >= 15 is 0 Å². The van der Waals surface area contributed by atoms with E-state index in [2.05, 4.69) is 15.2 Å². The van der Waals surface area contributed by atoms with E-state index in [9.17, 15) is 9.90 Å². The third-order valence-electron chi connectivity index (χ3n) is 5.29. The number of carbonyl (C=O) groups is 1. The SMILES string of the molecule is COCCCN1C(=S)N[C@@H](c2ccccn2)[C@@H]1c1ccc(-c2ccccc2C(=O)O)o1. The number of benzene rings is 1. The maximum absolute atomic E-state index is 11.6. The number of carboxylic acid groups (broad SMARTS) is 1. The fourth-order valence-electron chi connectivity index (χ4n) is 3.88. The highest BCUT2D eigenvalue weighted by Gasteiger charge is 2.41. The number of aromatic nitrogens is 1. The molecule has 1 saturated heterocycles. The van der Waals surface area contributed by atoms with Crippen molar-refractivity contribution in [3.8, 4) is 11.3 Å². The minimum Gasteiger partial charge on any atom is -0.478 e. The summed E-state index contributed by atoms with van der Waals surface area (Å²) in [5, 5.41) is 13.5. The van der Waals surface area contributed by atoms with Gasteiger partial charge in [-0.1, -0.05) is 24.3 Å². The van der Waals surface area contributed by atoms with Gasteiger partial charge < -0.3 is 24.5 Å². The summed E-state index contributed by atoms with van der Waals surface area (Å²) in [6, 6.07) is 15.9. The van der Waals surface area contributed by atoms with E-state index in [1.165, 1.54) is 0 Å². The van der Waals surface area contributed by atoms with Crippen LogP contribution in [0.5, 0.6) is 0 Å². The predicted molar refractivity (Wildman–Crippen MR) is 120 cm³/mol. The second-order valence-corrected chi connectivity index (χ2v) is 7.61.